The Morgan fingerprint density at radius 3 is 2.50 bits per heavy atom. The number of rotatable bonds is 5. The van der Waals surface area contributed by atoms with Gasteiger partial charge in [-0.1, -0.05) is 83.9 Å². The van der Waals surface area contributed by atoms with Crippen LogP contribution in [0.5, 0.6) is 0 Å². The quantitative estimate of drug-likeness (QED) is 0.409. The van der Waals surface area contributed by atoms with Crippen LogP contribution < -0.4 is 10.6 Å². The average Bonchev–Trinajstić information content (AvgIpc) is 3.30. The first-order valence-corrected chi connectivity index (χ1v) is 11.7. The summed E-state index contributed by atoms with van der Waals surface area (Å²) in [6, 6.07) is 21.7. The van der Waals surface area contributed by atoms with Crippen molar-refractivity contribution in [3.63, 3.8) is 0 Å². The number of anilines is 1. The molecule has 0 bridgehead atoms. The molecule has 5 heteroatoms. The first-order valence-electron chi connectivity index (χ1n) is 11.0. The van der Waals surface area contributed by atoms with E-state index in [9.17, 15) is 4.79 Å². The molecular formula is C27H24Cl2N2O. The molecule has 0 aromatic heterocycles. The highest BCUT2D eigenvalue weighted by atomic mass is 35.5. The molecule has 0 saturated carbocycles. The molecule has 3 aromatic carbocycles. The van der Waals surface area contributed by atoms with Crippen molar-refractivity contribution < 1.29 is 4.79 Å². The highest BCUT2D eigenvalue weighted by molar-refractivity contribution is 6.36. The molecule has 0 spiro atoms. The molecule has 0 saturated heterocycles. The van der Waals surface area contributed by atoms with Crippen LogP contribution in [0.3, 0.4) is 0 Å². The molecule has 2 aliphatic rings. The molecule has 0 fully saturated rings. The van der Waals surface area contributed by atoms with Crippen LogP contribution >= 0.6 is 23.2 Å². The molecule has 3 aromatic rings. The standard InChI is InChI=1S/C27H24Cl2N2O/c28-22-13-6-14-23(29)24(22)26-20-11-4-9-18(20)19-10-5-12-21(25(19)31-26)27(32)30-16-15-17-7-2-1-3-8-17/h1-10,12-14,18,20,26,31H,11,15-16H2,(H,30,32). The van der Waals surface area contributed by atoms with Crippen LogP contribution in [0, 0.1) is 5.92 Å². The second-order valence-corrected chi connectivity index (χ2v) is 9.19. The predicted molar refractivity (Wildman–Crippen MR) is 132 cm³/mol. The van der Waals surface area contributed by atoms with Crippen LogP contribution in [0.15, 0.2) is 78.9 Å². The Bertz CT molecular complexity index is 1160. The van der Waals surface area contributed by atoms with Gasteiger partial charge in [-0.2, -0.15) is 0 Å². The summed E-state index contributed by atoms with van der Waals surface area (Å²) >= 11 is 13.2. The number of carbonyl (C=O) groups is 1. The van der Waals surface area contributed by atoms with Gasteiger partial charge in [0.15, 0.2) is 0 Å². The van der Waals surface area contributed by atoms with Gasteiger partial charge in [-0.3, -0.25) is 4.79 Å². The van der Waals surface area contributed by atoms with Crippen LogP contribution in [0.25, 0.3) is 0 Å². The summed E-state index contributed by atoms with van der Waals surface area (Å²) in [7, 11) is 0. The first-order chi connectivity index (χ1) is 15.6. The minimum atomic E-state index is -0.0743. The fourth-order valence-corrected chi connectivity index (χ4v) is 5.60. The number of carbonyl (C=O) groups excluding carboxylic acids is 1. The SMILES string of the molecule is O=C(NCCc1ccccc1)c1cccc2c1NC(c1c(Cl)cccc1Cl)C1CC=CC21. The van der Waals surface area contributed by atoms with E-state index in [0.29, 0.717) is 28.1 Å². The zero-order valence-electron chi connectivity index (χ0n) is 17.5. The first kappa shape index (κ1) is 21.1. The highest BCUT2D eigenvalue weighted by Gasteiger charge is 2.40. The third-order valence-electron chi connectivity index (χ3n) is 6.49. The van der Waals surface area contributed by atoms with Crippen molar-refractivity contribution in [1.82, 2.24) is 5.32 Å². The van der Waals surface area contributed by atoms with Crippen LogP contribution in [-0.2, 0) is 6.42 Å². The maximum absolute atomic E-state index is 13.2. The van der Waals surface area contributed by atoms with Gasteiger partial charge in [-0.25, -0.2) is 0 Å². The lowest BCUT2D eigenvalue weighted by molar-refractivity contribution is 0.0954. The van der Waals surface area contributed by atoms with E-state index in [2.05, 4.69) is 41.0 Å². The summed E-state index contributed by atoms with van der Waals surface area (Å²) in [6.45, 7) is 0.582. The van der Waals surface area contributed by atoms with Crippen molar-refractivity contribution >= 4 is 34.8 Å². The number of halogens is 2. The van der Waals surface area contributed by atoms with E-state index < -0.39 is 0 Å². The molecule has 1 heterocycles. The number of amides is 1. The normalized spacial score (nSPS) is 20.9. The molecule has 2 N–H and O–H groups in total. The number of nitrogens with one attached hydrogen (secondary N) is 2. The van der Waals surface area contributed by atoms with Crippen LogP contribution in [0.2, 0.25) is 10.0 Å². The molecule has 1 aliphatic carbocycles. The molecule has 162 valence electrons. The van der Waals surface area contributed by atoms with E-state index in [1.807, 2.05) is 48.5 Å². The van der Waals surface area contributed by atoms with E-state index >= 15 is 0 Å². The molecule has 3 unspecified atom stereocenters. The fourth-order valence-electron chi connectivity index (χ4n) is 4.96. The van der Waals surface area contributed by atoms with Gasteiger partial charge in [0, 0.05) is 28.1 Å². The van der Waals surface area contributed by atoms with E-state index in [4.69, 9.17) is 23.2 Å². The van der Waals surface area contributed by atoms with Crippen molar-refractivity contribution in [3.8, 4) is 0 Å². The van der Waals surface area contributed by atoms with Crippen LogP contribution in [0.1, 0.15) is 45.4 Å². The fraction of sp³-hybridized carbons (Fsp3) is 0.222. The molecule has 1 aliphatic heterocycles. The Morgan fingerprint density at radius 2 is 1.72 bits per heavy atom. The second kappa shape index (κ2) is 9.01. The molecule has 3 nitrogen and oxygen atoms in total. The second-order valence-electron chi connectivity index (χ2n) is 8.37. The molecule has 3 atom stereocenters. The number of para-hydroxylation sites is 1. The van der Waals surface area contributed by atoms with Crippen molar-refractivity contribution in [2.75, 3.05) is 11.9 Å². The van der Waals surface area contributed by atoms with E-state index in [1.165, 1.54) is 5.56 Å². The van der Waals surface area contributed by atoms with Gasteiger partial charge in [0.25, 0.3) is 5.91 Å². The van der Waals surface area contributed by atoms with Crippen molar-refractivity contribution in [2.45, 2.75) is 24.8 Å². The lowest BCUT2D eigenvalue weighted by atomic mass is 9.76. The lowest BCUT2D eigenvalue weighted by Gasteiger charge is -2.39. The maximum atomic E-state index is 13.2. The summed E-state index contributed by atoms with van der Waals surface area (Å²) < 4.78 is 0. The van der Waals surface area contributed by atoms with Crippen LogP contribution in [-0.4, -0.2) is 12.5 Å². The Morgan fingerprint density at radius 1 is 0.969 bits per heavy atom. The Kier molecular flexibility index (Phi) is 5.95. The monoisotopic (exact) mass is 462 g/mol. The average molecular weight is 463 g/mol. The third-order valence-corrected chi connectivity index (χ3v) is 7.15. The lowest BCUT2D eigenvalue weighted by Crippen LogP contribution is -2.33. The van der Waals surface area contributed by atoms with E-state index in [1.54, 1.807) is 0 Å². The smallest absolute Gasteiger partial charge is 0.253 e. The zero-order valence-corrected chi connectivity index (χ0v) is 19.0. The van der Waals surface area contributed by atoms with Gasteiger partial charge < -0.3 is 10.6 Å². The minimum Gasteiger partial charge on any atom is -0.377 e. The number of benzene rings is 3. The Labute approximate surface area is 198 Å². The summed E-state index contributed by atoms with van der Waals surface area (Å²) in [5.41, 5.74) is 4.78. The molecule has 0 radical (unpaired) electrons. The Balaban J connectivity index is 1.44. The number of allylic oxidation sites excluding steroid dienone is 2. The number of hydrogen-bond donors (Lipinski definition) is 2. The summed E-state index contributed by atoms with van der Waals surface area (Å²) in [6.07, 6.45) is 6.20. The molecular weight excluding hydrogens is 439 g/mol. The van der Waals surface area contributed by atoms with Gasteiger partial charge in [-0.15, -0.1) is 0 Å². The van der Waals surface area contributed by atoms with E-state index in [-0.39, 0.29) is 17.9 Å². The third kappa shape index (κ3) is 3.92. The maximum Gasteiger partial charge on any atom is 0.253 e. The predicted octanol–water partition coefficient (Wildman–Crippen LogP) is 6.79. The van der Waals surface area contributed by atoms with Crippen LogP contribution in [0.4, 0.5) is 5.69 Å². The number of hydrogen-bond acceptors (Lipinski definition) is 2. The van der Waals surface area contributed by atoms with Crippen molar-refractivity contribution in [3.05, 3.63) is 111 Å². The Hall–Kier alpha value is -2.75. The van der Waals surface area contributed by atoms with Gasteiger partial charge in [0.2, 0.25) is 0 Å². The van der Waals surface area contributed by atoms with E-state index in [0.717, 1.165) is 29.7 Å². The summed E-state index contributed by atoms with van der Waals surface area (Å²) in [5, 5.41) is 8.03. The summed E-state index contributed by atoms with van der Waals surface area (Å²) in [5.74, 6) is 0.451. The minimum absolute atomic E-state index is 0.0676. The number of fused-ring (bicyclic) bond motifs is 3. The zero-order chi connectivity index (χ0) is 22.1. The molecule has 5 rings (SSSR count). The van der Waals surface area contributed by atoms with Gasteiger partial charge in [-0.05, 0) is 48.1 Å². The summed E-state index contributed by atoms with van der Waals surface area (Å²) in [4.78, 5) is 13.2. The highest BCUT2D eigenvalue weighted by Crippen LogP contribution is 2.52. The van der Waals surface area contributed by atoms with Crippen molar-refractivity contribution in [1.29, 1.82) is 0 Å². The van der Waals surface area contributed by atoms with Gasteiger partial charge >= 0.3 is 0 Å². The van der Waals surface area contributed by atoms with Gasteiger partial charge in [0.05, 0.1) is 17.3 Å². The molecule has 32 heavy (non-hydrogen) atoms. The largest absolute Gasteiger partial charge is 0.377 e. The topological polar surface area (TPSA) is 41.1 Å². The van der Waals surface area contributed by atoms with Gasteiger partial charge in [0.1, 0.15) is 0 Å². The van der Waals surface area contributed by atoms with Crippen molar-refractivity contribution in [2.24, 2.45) is 5.92 Å². The molecule has 1 amide bonds.